The van der Waals surface area contributed by atoms with Gasteiger partial charge in [-0.05, 0) is 32.1 Å². The van der Waals surface area contributed by atoms with E-state index in [1.807, 2.05) is 0 Å². The van der Waals surface area contributed by atoms with E-state index in [-0.39, 0.29) is 11.9 Å². The van der Waals surface area contributed by atoms with Gasteiger partial charge in [0.05, 0.1) is 5.54 Å². The van der Waals surface area contributed by atoms with Gasteiger partial charge >= 0.3 is 0 Å². The van der Waals surface area contributed by atoms with Crippen LogP contribution in [0.1, 0.15) is 46.5 Å². The molecule has 0 spiro atoms. The van der Waals surface area contributed by atoms with Crippen LogP contribution in [0.2, 0.25) is 0 Å². The Morgan fingerprint density at radius 3 is 2.50 bits per heavy atom. The first-order valence-corrected chi connectivity index (χ1v) is 5.58. The predicted octanol–water partition coefficient (Wildman–Crippen LogP) is 1.42. The Labute approximate surface area is 86.4 Å². The van der Waals surface area contributed by atoms with Gasteiger partial charge in [-0.15, -0.1) is 0 Å². The summed E-state index contributed by atoms with van der Waals surface area (Å²) in [6, 6.07) is 0.249. The second-order valence-corrected chi connectivity index (χ2v) is 4.78. The lowest BCUT2D eigenvalue weighted by Crippen LogP contribution is -2.46. The van der Waals surface area contributed by atoms with Crippen molar-refractivity contribution in [1.82, 2.24) is 5.32 Å². The van der Waals surface area contributed by atoms with Gasteiger partial charge in [-0.3, -0.25) is 4.79 Å². The van der Waals surface area contributed by atoms with Crippen molar-refractivity contribution in [2.45, 2.75) is 58.0 Å². The number of rotatable bonds is 5. The lowest BCUT2D eigenvalue weighted by molar-refractivity contribution is -0.123. The third-order valence-electron chi connectivity index (χ3n) is 3.07. The van der Waals surface area contributed by atoms with Gasteiger partial charge in [-0.1, -0.05) is 20.3 Å². The van der Waals surface area contributed by atoms with Crippen LogP contribution >= 0.6 is 0 Å². The average molecular weight is 198 g/mol. The summed E-state index contributed by atoms with van der Waals surface area (Å²) < 4.78 is 0. The van der Waals surface area contributed by atoms with Crippen LogP contribution < -0.4 is 11.1 Å². The van der Waals surface area contributed by atoms with Gasteiger partial charge in [0, 0.05) is 6.04 Å². The normalized spacial score (nSPS) is 22.6. The third kappa shape index (κ3) is 2.98. The molecule has 1 aliphatic rings. The summed E-state index contributed by atoms with van der Waals surface area (Å²) in [5, 5.41) is 2.98. The molecule has 14 heavy (non-hydrogen) atoms. The zero-order chi connectivity index (χ0) is 10.8. The molecule has 0 aromatic heterocycles. The Morgan fingerprint density at radius 2 is 2.07 bits per heavy atom. The number of hydrogen-bond donors (Lipinski definition) is 2. The molecule has 2 atom stereocenters. The molecule has 0 aromatic rings. The zero-order valence-corrected chi connectivity index (χ0v) is 9.47. The SMILES string of the molecule is CCC(C)CC(C)NC(=O)C1(N)CC1. The summed E-state index contributed by atoms with van der Waals surface area (Å²) in [7, 11) is 0. The van der Waals surface area contributed by atoms with E-state index < -0.39 is 5.54 Å². The molecule has 0 aliphatic heterocycles. The molecule has 3 N–H and O–H groups in total. The Bertz CT molecular complexity index is 211. The van der Waals surface area contributed by atoms with E-state index in [0.717, 1.165) is 25.7 Å². The minimum Gasteiger partial charge on any atom is -0.352 e. The topological polar surface area (TPSA) is 55.1 Å². The molecule has 0 bridgehead atoms. The first-order chi connectivity index (χ1) is 6.48. The van der Waals surface area contributed by atoms with Crippen LogP contribution in [0, 0.1) is 5.92 Å². The summed E-state index contributed by atoms with van der Waals surface area (Å²) in [5.41, 5.74) is 5.27. The van der Waals surface area contributed by atoms with Crippen molar-refractivity contribution in [1.29, 1.82) is 0 Å². The highest BCUT2D eigenvalue weighted by Crippen LogP contribution is 2.32. The molecule has 1 rings (SSSR count). The largest absolute Gasteiger partial charge is 0.352 e. The van der Waals surface area contributed by atoms with E-state index in [0.29, 0.717) is 5.92 Å². The highest BCUT2D eigenvalue weighted by Gasteiger charge is 2.46. The van der Waals surface area contributed by atoms with Crippen LogP contribution in [-0.4, -0.2) is 17.5 Å². The summed E-state index contributed by atoms with van der Waals surface area (Å²) in [4.78, 5) is 11.6. The average Bonchev–Trinajstić information content (AvgIpc) is 2.84. The monoisotopic (exact) mass is 198 g/mol. The van der Waals surface area contributed by atoms with Gasteiger partial charge in [-0.2, -0.15) is 0 Å². The van der Waals surface area contributed by atoms with Crippen LogP contribution in [0.5, 0.6) is 0 Å². The molecule has 2 unspecified atom stereocenters. The maximum Gasteiger partial charge on any atom is 0.240 e. The Morgan fingerprint density at radius 1 is 1.50 bits per heavy atom. The Balaban J connectivity index is 2.26. The molecule has 1 amide bonds. The van der Waals surface area contributed by atoms with Crippen LogP contribution in [0.15, 0.2) is 0 Å². The molecule has 82 valence electrons. The fourth-order valence-electron chi connectivity index (χ4n) is 1.56. The Kier molecular flexibility index (Phi) is 3.53. The van der Waals surface area contributed by atoms with Crippen LogP contribution in [0.4, 0.5) is 0 Å². The number of carbonyl (C=O) groups is 1. The third-order valence-corrected chi connectivity index (χ3v) is 3.07. The summed E-state index contributed by atoms with van der Waals surface area (Å²) >= 11 is 0. The van der Waals surface area contributed by atoms with E-state index in [4.69, 9.17) is 5.73 Å². The Hall–Kier alpha value is -0.570. The van der Waals surface area contributed by atoms with E-state index in [2.05, 4.69) is 26.1 Å². The molecule has 1 fully saturated rings. The number of hydrogen-bond acceptors (Lipinski definition) is 2. The number of amides is 1. The van der Waals surface area contributed by atoms with Gasteiger partial charge in [0.25, 0.3) is 0 Å². The standard InChI is InChI=1S/C11H22N2O/c1-4-8(2)7-9(3)13-10(14)11(12)5-6-11/h8-9H,4-7,12H2,1-3H3,(H,13,14). The summed E-state index contributed by atoms with van der Waals surface area (Å²) in [6.45, 7) is 6.43. The van der Waals surface area contributed by atoms with Gasteiger partial charge in [0.2, 0.25) is 5.91 Å². The second kappa shape index (κ2) is 4.30. The van der Waals surface area contributed by atoms with Crippen molar-refractivity contribution in [3.8, 4) is 0 Å². The van der Waals surface area contributed by atoms with Crippen molar-refractivity contribution in [2.75, 3.05) is 0 Å². The summed E-state index contributed by atoms with van der Waals surface area (Å²) in [5.74, 6) is 0.700. The van der Waals surface area contributed by atoms with Crippen LogP contribution in [-0.2, 0) is 4.79 Å². The minimum absolute atomic E-state index is 0.0355. The molecule has 3 heteroatoms. The van der Waals surface area contributed by atoms with Gasteiger partial charge < -0.3 is 11.1 Å². The lowest BCUT2D eigenvalue weighted by atomic mass is 10.00. The van der Waals surface area contributed by atoms with Crippen LogP contribution in [0.25, 0.3) is 0 Å². The van der Waals surface area contributed by atoms with Gasteiger partial charge in [-0.25, -0.2) is 0 Å². The molecule has 0 aromatic carbocycles. The predicted molar refractivity (Wildman–Crippen MR) is 57.8 cm³/mol. The first kappa shape index (κ1) is 11.5. The number of nitrogens with two attached hydrogens (primary N) is 1. The summed E-state index contributed by atoms with van der Waals surface area (Å²) in [6.07, 6.45) is 3.88. The molecule has 3 nitrogen and oxygen atoms in total. The molecular weight excluding hydrogens is 176 g/mol. The molecule has 0 heterocycles. The molecule has 0 radical (unpaired) electrons. The van der Waals surface area contributed by atoms with E-state index in [1.54, 1.807) is 0 Å². The van der Waals surface area contributed by atoms with E-state index in [9.17, 15) is 4.79 Å². The van der Waals surface area contributed by atoms with Gasteiger partial charge in [0.15, 0.2) is 0 Å². The maximum atomic E-state index is 11.6. The smallest absolute Gasteiger partial charge is 0.240 e. The first-order valence-electron chi connectivity index (χ1n) is 5.58. The second-order valence-electron chi connectivity index (χ2n) is 4.78. The lowest BCUT2D eigenvalue weighted by Gasteiger charge is -2.19. The van der Waals surface area contributed by atoms with Crippen molar-refractivity contribution in [3.63, 3.8) is 0 Å². The van der Waals surface area contributed by atoms with Crippen molar-refractivity contribution in [3.05, 3.63) is 0 Å². The number of carbonyl (C=O) groups excluding carboxylic acids is 1. The van der Waals surface area contributed by atoms with Gasteiger partial charge in [0.1, 0.15) is 0 Å². The zero-order valence-electron chi connectivity index (χ0n) is 9.47. The number of nitrogens with one attached hydrogen (secondary N) is 1. The van der Waals surface area contributed by atoms with E-state index >= 15 is 0 Å². The highest BCUT2D eigenvalue weighted by atomic mass is 16.2. The highest BCUT2D eigenvalue weighted by molar-refractivity contribution is 5.89. The van der Waals surface area contributed by atoms with Crippen molar-refractivity contribution >= 4 is 5.91 Å². The molecule has 1 saturated carbocycles. The fraction of sp³-hybridized carbons (Fsp3) is 0.909. The maximum absolute atomic E-state index is 11.6. The molecule has 1 aliphatic carbocycles. The van der Waals surface area contributed by atoms with E-state index in [1.165, 1.54) is 0 Å². The molecular formula is C11H22N2O. The minimum atomic E-state index is -0.524. The van der Waals surface area contributed by atoms with Crippen LogP contribution in [0.3, 0.4) is 0 Å². The molecule has 0 saturated heterocycles. The van der Waals surface area contributed by atoms with Crippen molar-refractivity contribution < 1.29 is 4.79 Å². The fourth-order valence-corrected chi connectivity index (χ4v) is 1.56. The quantitative estimate of drug-likeness (QED) is 0.702. The van der Waals surface area contributed by atoms with Crippen molar-refractivity contribution in [2.24, 2.45) is 11.7 Å².